The van der Waals surface area contributed by atoms with Crippen LogP contribution in [-0.2, 0) is 6.54 Å². The van der Waals surface area contributed by atoms with E-state index in [0.717, 1.165) is 43.3 Å². The molecule has 2 aromatic carbocycles. The highest BCUT2D eigenvalue weighted by Crippen LogP contribution is 2.35. The molecule has 9 heteroatoms. The molecule has 5 rings (SSSR count). The predicted octanol–water partition coefficient (Wildman–Crippen LogP) is 3.86. The summed E-state index contributed by atoms with van der Waals surface area (Å²) in [4.78, 5) is 4.91. The zero-order valence-electron chi connectivity index (χ0n) is 21.2. The lowest BCUT2D eigenvalue weighted by atomic mass is 10.0. The molecule has 36 heavy (non-hydrogen) atoms. The van der Waals surface area contributed by atoms with Crippen molar-refractivity contribution in [2.45, 2.75) is 26.4 Å². The molecule has 9 nitrogen and oxygen atoms in total. The van der Waals surface area contributed by atoms with Crippen LogP contribution in [0.4, 0.5) is 5.69 Å². The van der Waals surface area contributed by atoms with E-state index in [1.165, 1.54) is 16.8 Å². The monoisotopic (exact) mass is 488 g/mol. The van der Waals surface area contributed by atoms with Gasteiger partial charge in [-0.2, -0.15) is 0 Å². The molecular weight excluding hydrogens is 456 g/mol. The molecular formula is C27H32N6O3. The number of methoxy groups -OCH3 is 2. The first-order chi connectivity index (χ1) is 17.6. The number of hydrogen-bond acceptors (Lipinski definition) is 8. The van der Waals surface area contributed by atoms with Crippen molar-refractivity contribution in [3.63, 3.8) is 0 Å². The highest BCUT2D eigenvalue weighted by Gasteiger charge is 2.32. The van der Waals surface area contributed by atoms with Crippen LogP contribution in [-0.4, -0.2) is 65.5 Å². The number of tetrazole rings is 1. The van der Waals surface area contributed by atoms with E-state index in [1.807, 2.05) is 28.9 Å². The van der Waals surface area contributed by atoms with Gasteiger partial charge in [-0.1, -0.05) is 18.2 Å². The largest absolute Gasteiger partial charge is 0.493 e. The fourth-order valence-electron chi connectivity index (χ4n) is 4.90. The molecule has 0 unspecified atom stereocenters. The number of piperazine rings is 1. The predicted molar refractivity (Wildman–Crippen MR) is 137 cm³/mol. The Hall–Kier alpha value is -3.85. The number of anilines is 1. The summed E-state index contributed by atoms with van der Waals surface area (Å²) in [6, 6.07) is 16.3. The van der Waals surface area contributed by atoms with Crippen molar-refractivity contribution in [2.24, 2.45) is 0 Å². The number of furan rings is 1. The van der Waals surface area contributed by atoms with Gasteiger partial charge in [-0.05, 0) is 71.3 Å². The molecule has 0 aliphatic carbocycles. The number of aromatic nitrogens is 4. The van der Waals surface area contributed by atoms with Gasteiger partial charge in [-0.15, -0.1) is 5.10 Å². The molecule has 0 amide bonds. The Bertz CT molecular complexity index is 1290. The Morgan fingerprint density at radius 2 is 1.75 bits per heavy atom. The van der Waals surface area contributed by atoms with Crippen molar-refractivity contribution in [3.8, 4) is 11.5 Å². The number of hydrogen-bond donors (Lipinski definition) is 0. The first-order valence-electron chi connectivity index (χ1n) is 12.1. The van der Waals surface area contributed by atoms with Gasteiger partial charge < -0.3 is 18.8 Å². The topological polar surface area (TPSA) is 81.7 Å². The Balaban J connectivity index is 1.47. The second-order valence-electron chi connectivity index (χ2n) is 9.10. The van der Waals surface area contributed by atoms with Gasteiger partial charge in [-0.3, -0.25) is 4.90 Å². The first-order valence-corrected chi connectivity index (χ1v) is 12.1. The summed E-state index contributed by atoms with van der Waals surface area (Å²) in [6.45, 7) is 8.32. The van der Waals surface area contributed by atoms with Crippen LogP contribution >= 0.6 is 0 Å². The average molecular weight is 489 g/mol. The zero-order chi connectivity index (χ0) is 25.1. The van der Waals surface area contributed by atoms with Gasteiger partial charge in [0.1, 0.15) is 12.3 Å². The summed E-state index contributed by atoms with van der Waals surface area (Å²) in [7, 11) is 3.30. The average Bonchev–Trinajstić information content (AvgIpc) is 3.59. The van der Waals surface area contributed by atoms with Crippen molar-refractivity contribution in [1.29, 1.82) is 0 Å². The van der Waals surface area contributed by atoms with E-state index in [-0.39, 0.29) is 6.04 Å². The van der Waals surface area contributed by atoms with E-state index >= 15 is 0 Å². The van der Waals surface area contributed by atoms with Gasteiger partial charge in [0.25, 0.3) is 0 Å². The molecule has 1 aliphatic rings. The maximum absolute atomic E-state index is 5.62. The molecule has 0 spiro atoms. The number of ether oxygens (including phenoxy) is 2. The van der Waals surface area contributed by atoms with Crippen LogP contribution in [0.25, 0.3) is 0 Å². The Kier molecular flexibility index (Phi) is 6.90. The van der Waals surface area contributed by atoms with Crippen LogP contribution in [0.2, 0.25) is 0 Å². The number of nitrogens with zero attached hydrogens (tertiary/aromatic N) is 6. The van der Waals surface area contributed by atoms with Crippen molar-refractivity contribution >= 4 is 5.69 Å². The molecule has 3 heterocycles. The van der Waals surface area contributed by atoms with E-state index in [2.05, 4.69) is 63.4 Å². The smallest absolute Gasteiger partial charge is 0.173 e. The van der Waals surface area contributed by atoms with Gasteiger partial charge in [0.15, 0.2) is 17.3 Å². The lowest BCUT2D eigenvalue weighted by Crippen LogP contribution is -2.48. The standard InChI is InChI=1S/C27H32N6O3/c1-19-7-8-20(2)23(16-19)31-11-13-32(14-12-31)26(21-9-10-24(34-3)25(17-21)35-4)27-28-29-30-33(27)18-22-6-5-15-36-22/h5-10,15-17,26H,11-14,18H2,1-4H3/t26-/m1/s1. The summed E-state index contributed by atoms with van der Waals surface area (Å²) >= 11 is 0. The van der Waals surface area contributed by atoms with Crippen LogP contribution < -0.4 is 14.4 Å². The first kappa shape index (κ1) is 23.9. The molecule has 1 fully saturated rings. The van der Waals surface area contributed by atoms with Crippen molar-refractivity contribution in [3.05, 3.63) is 83.1 Å². The van der Waals surface area contributed by atoms with Crippen LogP contribution in [0.3, 0.4) is 0 Å². The van der Waals surface area contributed by atoms with Gasteiger partial charge in [0.2, 0.25) is 0 Å². The maximum Gasteiger partial charge on any atom is 0.173 e. The van der Waals surface area contributed by atoms with E-state index < -0.39 is 0 Å². The van der Waals surface area contributed by atoms with Crippen molar-refractivity contribution in [2.75, 3.05) is 45.3 Å². The minimum atomic E-state index is -0.157. The number of benzene rings is 2. The van der Waals surface area contributed by atoms with Gasteiger partial charge in [0, 0.05) is 31.9 Å². The molecule has 0 radical (unpaired) electrons. The molecule has 0 N–H and O–H groups in total. The highest BCUT2D eigenvalue weighted by molar-refractivity contribution is 5.55. The Labute approximate surface area is 211 Å². The molecule has 2 aromatic heterocycles. The summed E-state index contributed by atoms with van der Waals surface area (Å²) < 4.78 is 18.5. The van der Waals surface area contributed by atoms with Crippen LogP contribution in [0.15, 0.2) is 59.2 Å². The summed E-state index contributed by atoms with van der Waals surface area (Å²) in [5.41, 5.74) is 4.93. The summed E-state index contributed by atoms with van der Waals surface area (Å²) in [6.07, 6.45) is 1.66. The van der Waals surface area contributed by atoms with Gasteiger partial charge in [0.05, 0.1) is 26.5 Å². The molecule has 188 valence electrons. The maximum atomic E-state index is 5.62. The third-order valence-corrected chi connectivity index (χ3v) is 6.80. The third-order valence-electron chi connectivity index (χ3n) is 6.80. The molecule has 1 atom stereocenters. The third kappa shape index (κ3) is 4.79. The second kappa shape index (κ2) is 10.4. The Morgan fingerprint density at radius 3 is 2.47 bits per heavy atom. The number of rotatable bonds is 8. The zero-order valence-corrected chi connectivity index (χ0v) is 21.2. The molecule has 4 aromatic rings. The molecule has 0 saturated carbocycles. The summed E-state index contributed by atoms with van der Waals surface area (Å²) in [5.74, 6) is 2.93. The van der Waals surface area contributed by atoms with E-state index in [1.54, 1.807) is 20.5 Å². The minimum absolute atomic E-state index is 0.157. The number of aryl methyl sites for hydroxylation is 2. The fourth-order valence-corrected chi connectivity index (χ4v) is 4.90. The van der Waals surface area contributed by atoms with Crippen molar-refractivity contribution in [1.82, 2.24) is 25.1 Å². The van der Waals surface area contributed by atoms with Crippen molar-refractivity contribution < 1.29 is 13.9 Å². The van der Waals surface area contributed by atoms with Gasteiger partial charge in [-0.25, -0.2) is 4.68 Å². The highest BCUT2D eigenvalue weighted by atomic mass is 16.5. The van der Waals surface area contributed by atoms with Gasteiger partial charge >= 0.3 is 0 Å². The normalized spacial score (nSPS) is 15.2. The molecule has 1 aliphatic heterocycles. The van der Waals surface area contributed by atoms with E-state index in [9.17, 15) is 0 Å². The molecule has 1 saturated heterocycles. The lowest BCUT2D eigenvalue weighted by Gasteiger charge is -2.40. The van der Waals surface area contributed by atoms with E-state index in [4.69, 9.17) is 13.9 Å². The quantitative estimate of drug-likeness (QED) is 0.370. The SMILES string of the molecule is COc1ccc([C@H](c2nnnn2Cc2ccco2)N2CCN(c3cc(C)ccc3C)CC2)cc1OC. The second-order valence-corrected chi connectivity index (χ2v) is 9.10. The fraction of sp³-hybridized carbons (Fsp3) is 0.370. The van der Waals surface area contributed by atoms with E-state index in [0.29, 0.717) is 18.0 Å². The summed E-state index contributed by atoms with van der Waals surface area (Å²) in [5, 5.41) is 12.8. The lowest BCUT2D eigenvalue weighted by molar-refractivity contribution is 0.200. The molecule has 0 bridgehead atoms. The Morgan fingerprint density at radius 1 is 0.944 bits per heavy atom. The van der Waals surface area contributed by atoms with Crippen LogP contribution in [0.1, 0.15) is 34.3 Å². The van der Waals surface area contributed by atoms with Crippen LogP contribution in [0, 0.1) is 13.8 Å². The van der Waals surface area contributed by atoms with Crippen LogP contribution in [0.5, 0.6) is 11.5 Å². The minimum Gasteiger partial charge on any atom is -0.493 e.